The molecule has 0 unspecified atom stereocenters. The highest BCUT2D eigenvalue weighted by Crippen LogP contribution is 2.25. The average molecular weight is 279 g/mol. The summed E-state index contributed by atoms with van der Waals surface area (Å²) in [7, 11) is 0. The fourth-order valence-electron chi connectivity index (χ4n) is 2.16. The average Bonchev–Trinajstić information content (AvgIpc) is 2.50. The van der Waals surface area contributed by atoms with E-state index in [1.807, 2.05) is 0 Å². The minimum atomic E-state index is -0.191. The van der Waals surface area contributed by atoms with Gasteiger partial charge in [0.1, 0.15) is 11.5 Å². The molecule has 0 radical (unpaired) electrons. The standard InChI is InChI=1S/C17H13NO3/c19-14-5-1-11(2-6-14)13-9-16(17(21)18-10-13)12-3-7-15(20)8-4-12/h1-10,19-20H,(H,18,21). The van der Waals surface area contributed by atoms with E-state index in [1.165, 1.54) is 0 Å². The number of pyridine rings is 1. The molecule has 0 bridgehead atoms. The number of aromatic hydroxyl groups is 2. The van der Waals surface area contributed by atoms with Gasteiger partial charge in [0.05, 0.1) is 0 Å². The van der Waals surface area contributed by atoms with Crippen molar-refractivity contribution in [2.45, 2.75) is 0 Å². The topological polar surface area (TPSA) is 73.3 Å². The Labute approximate surface area is 121 Å². The van der Waals surface area contributed by atoms with Gasteiger partial charge in [-0.3, -0.25) is 4.79 Å². The maximum atomic E-state index is 12.0. The second-order valence-corrected chi connectivity index (χ2v) is 4.72. The predicted molar refractivity (Wildman–Crippen MR) is 81.3 cm³/mol. The van der Waals surface area contributed by atoms with E-state index in [2.05, 4.69) is 4.98 Å². The van der Waals surface area contributed by atoms with Gasteiger partial charge in [-0.1, -0.05) is 24.3 Å². The van der Waals surface area contributed by atoms with Crippen molar-refractivity contribution in [3.05, 3.63) is 71.1 Å². The van der Waals surface area contributed by atoms with Gasteiger partial charge < -0.3 is 15.2 Å². The zero-order chi connectivity index (χ0) is 14.8. The highest BCUT2D eigenvalue weighted by Gasteiger charge is 2.06. The molecule has 4 nitrogen and oxygen atoms in total. The van der Waals surface area contributed by atoms with Gasteiger partial charge in [0.25, 0.3) is 5.56 Å². The lowest BCUT2D eigenvalue weighted by molar-refractivity contribution is 0.475. The summed E-state index contributed by atoms with van der Waals surface area (Å²) in [5, 5.41) is 18.6. The fourth-order valence-corrected chi connectivity index (χ4v) is 2.16. The molecule has 0 aliphatic carbocycles. The molecule has 0 spiro atoms. The number of H-pyrrole nitrogens is 1. The van der Waals surface area contributed by atoms with Crippen LogP contribution in [0.25, 0.3) is 22.3 Å². The van der Waals surface area contributed by atoms with Gasteiger partial charge >= 0.3 is 0 Å². The van der Waals surface area contributed by atoms with Gasteiger partial charge in [0, 0.05) is 11.8 Å². The third-order valence-corrected chi connectivity index (χ3v) is 3.28. The molecule has 3 aromatic rings. The van der Waals surface area contributed by atoms with Crippen molar-refractivity contribution in [3.8, 4) is 33.8 Å². The Morgan fingerprint density at radius 1 is 0.714 bits per heavy atom. The first-order chi connectivity index (χ1) is 10.1. The molecule has 1 heterocycles. The minimum absolute atomic E-state index is 0.157. The number of phenolic OH excluding ortho intramolecular Hbond substituents is 2. The summed E-state index contributed by atoms with van der Waals surface area (Å²) in [6, 6.07) is 15.0. The molecule has 3 rings (SSSR count). The Morgan fingerprint density at radius 2 is 1.24 bits per heavy atom. The Hall–Kier alpha value is -3.01. The predicted octanol–water partition coefficient (Wildman–Crippen LogP) is 3.12. The van der Waals surface area contributed by atoms with Crippen LogP contribution in [0.5, 0.6) is 11.5 Å². The van der Waals surface area contributed by atoms with Crippen molar-refractivity contribution in [1.29, 1.82) is 0 Å². The normalized spacial score (nSPS) is 10.5. The Balaban J connectivity index is 2.10. The smallest absolute Gasteiger partial charge is 0.255 e. The highest BCUT2D eigenvalue weighted by molar-refractivity contribution is 5.72. The van der Waals surface area contributed by atoms with Crippen LogP contribution in [0, 0.1) is 0 Å². The lowest BCUT2D eigenvalue weighted by Crippen LogP contribution is -2.08. The molecule has 4 heteroatoms. The summed E-state index contributed by atoms with van der Waals surface area (Å²) in [5.74, 6) is 0.354. The second kappa shape index (κ2) is 5.17. The molecule has 1 aromatic heterocycles. The van der Waals surface area contributed by atoms with Gasteiger partial charge in [0.15, 0.2) is 0 Å². The summed E-state index contributed by atoms with van der Waals surface area (Å²) in [4.78, 5) is 14.7. The van der Waals surface area contributed by atoms with Crippen molar-refractivity contribution in [2.75, 3.05) is 0 Å². The zero-order valence-electron chi connectivity index (χ0n) is 11.1. The van der Waals surface area contributed by atoms with Gasteiger partial charge in [0.2, 0.25) is 0 Å². The van der Waals surface area contributed by atoms with Crippen LogP contribution in [0.2, 0.25) is 0 Å². The van der Waals surface area contributed by atoms with Crippen LogP contribution in [0.4, 0.5) is 0 Å². The van der Waals surface area contributed by atoms with Gasteiger partial charge in [-0.2, -0.15) is 0 Å². The Bertz CT molecular complexity index is 818. The monoisotopic (exact) mass is 279 g/mol. The van der Waals surface area contributed by atoms with Crippen molar-refractivity contribution in [2.24, 2.45) is 0 Å². The SMILES string of the molecule is O=c1[nH]cc(-c2ccc(O)cc2)cc1-c1ccc(O)cc1. The van der Waals surface area contributed by atoms with Crippen molar-refractivity contribution >= 4 is 0 Å². The van der Waals surface area contributed by atoms with Gasteiger partial charge in [-0.25, -0.2) is 0 Å². The molecular weight excluding hydrogens is 266 g/mol. The largest absolute Gasteiger partial charge is 0.508 e. The van der Waals surface area contributed by atoms with E-state index in [0.29, 0.717) is 5.56 Å². The third kappa shape index (κ3) is 2.65. The van der Waals surface area contributed by atoms with Crippen LogP contribution < -0.4 is 5.56 Å². The van der Waals surface area contributed by atoms with E-state index < -0.39 is 0 Å². The molecule has 104 valence electrons. The number of benzene rings is 2. The number of rotatable bonds is 2. The molecule has 0 aliphatic heterocycles. The zero-order valence-corrected chi connectivity index (χ0v) is 11.1. The molecule has 0 saturated carbocycles. The van der Waals surface area contributed by atoms with E-state index in [1.54, 1.807) is 60.8 Å². The molecule has 21 heavy (non-hydrogen) atoms. The van der Waals surface area contributed by atoms with Crippen molar-refractivity contribution in [3.63, 3.8) is 0 Å². The molecule has 0 fully saturated rings. The molecule has 2 aromatic carbocycles. The molecule has 0 aliphatic rings. The first-order valence-electron chi connectivity index (χ1n) is 6.45. The van der Waals surface area contributed by atoms with E-state index in [-0.39, 0.29) is 17.1 Å². The van der Waals surface area contributed by atoms with E-state index in [9.17, 15) is 15.0 Å². The van der Waals surface area contributed by atoms with Crippen LogP contribution >= 0.6 is 0 Å². The maximum absolute atomic E-state index is 12.0. The van der Waals surface area contributed by atoms with Crippen LogP contribution in [0.15, 0.2) is 65.6 Å². The van der Waals surface area contributed by atoms with E-state index >= 15 is 0 Å². The summed E-state index contributed by atoms with van der Waals surface area (Å²) in [6.45, 7) is 0. The summed E-state index contributed by atoms with van der Waals surface area (Å²) < 4.78 is 0. The van der Waals surface area contributed by atoms with Gasteiger partial charge in [-0.05, 0) is 47.0 Å². The lowest BCUT2D eigenvalue weighted by atomic mass is 10.0. The highest BCUT2D eigenvalue weighted by atomic mass is 16.3. The minimum Gasteiger partial charge on any atom is -0.508 e. The summed E-state index contributed by atoms with van der Waals surface area (Å²) >= 11 is 0. The number of nitrogens with one attached hydrogen (secondary N) is 1. The first-order valence-corrected chi connectivity index (χ1v) is 6.45. The second-order valence-electron chi connectivity index (χ2n) is 4.72. The fraction of sp³-hybridized carbons (Fsp3) is 0. The van der Waals surface area contributed by atoms with Crippen LogP contribution in [0.3, 0.4) is 0 Å². The van der Waals surface area contributed by atoms with E-state index in [4.69, 9.17) is 0 Å². The Morgan fingerprint density at radius 3 is 1.81 bits per heavy atom. The summed E-state index contributed by atoms with van der Waals surface area (Å²) in [6.07, 6.45) is 1.64. The number of phenols is 2. The molecule has 0 amide bonds. The van der Waals surface area contributed by atoms with Crippen LogP contribution in [0.1, 0.15) is 0 Å². The molecular formula is C17H13NO3. The number of aromatic nitrogens is 1. The maximum Gasteiger partial charge on any atom is 0.255 e. The lowest BCUT2D eigenvalue weighted by Gasteiger charge is -2.06. The summed E-state index contributed by atoms with van der Waals surface area (Å²) in [5.41, 5.74) is 2.81. The quantitative estimate of drug-likeness (QED) is 0.674. The number of hydrogen-bond acceptors (Lipinski definition) is 3. The van der Waals surface area contributed by atoms with Crippen molar-refractivity contribution in [1.82, 2.24) is 4.98 Å². The number of hydrogen-bond donors (Lipinski definition) is 3. The van der Waals surface area contributed by atoms with Gasteiger partial charge in [-0.15, -0.1) is 0 Å². The van der Waals surface area contributed by atoms with Crippen LogP contribution in [-0.2, 0) is 0 Å². The Kier molecular flexibility index (Phi) is 3.20. The third-order valence-electron chi connectivity index (χ3n) is 3.28. The van der Waals surface area contributed by atoms with Crippen molar-refractivity contribution < 1.29 is 10.2 Å². The van der Waals surface area contributed by atoms with E-state index in [0.717, 1.165) is 16.7 Å². The molecule has 3 N–H and O–H groups in total. The first kappa shape index (κ1) is 13.0. The van der Waals surface area contributed by atoms with Crippen LogP contribution in [-0.4, -0.2) is 15.2 Å². The molecule has 0 atom stereocenters. The number of aromatic amines is 1. The molecule has 0 saturated heterocycles.